The van der Waals surface area contributed by atoms with E-state index in [4.69, 9.17) is 23.2 Å². The van der Waals surface area contributed by atoms with E-state index in [0.717, 1.165) is 26.9 Å². The van der Waals surface area contributed by atoms with E-state index >= 15 is 0 Å². The highest BCUT2D eigenvalue weighted by molar-refractivity contribution is 6.31. The van der Waals surface area contributed by atoms with Crippen molar-refractivity contribution in [2.45, 2.75) is 19.9 Å². The number of hydrogen-bond donors (Lipinski definition) is 1. The minimum atomic E-state index is 0.198. The summed E-state index contributed by atoms with van der Waals surface area (Å²) in [4.78, 5) is 0. The van der Waals surface area contributed by atoms with Crippen LogP contribution in [-0.4, -0.2) is 0 Å². The molecule has 1 atom stereocenters. The third kappa shape index (κ3) is 3.18. The minimum Gasteiger partial charge on any atom is -0.378 e. The van der Waals surface area contributed by atoms with Gasteiger partial charge in [0, 0.05) is 21.8 Å². The van der Waals surface area contributed by atoms with Crippen molar-refractivity contribution >= 4 is 28.9 Å². The SMILES string of the molecule is Cc1cc(Cl)ccc1NC(C)c1cccc(Cl)c1. The summed E-state index contributed by atoms with van der Waals surface area (Å²) in [5.41, 5.74) is 3.39. The fourth-order valence-corrected chi connectivity index (χ4v) is 2.31. The number of hydrogen-bond acceptors (Lipinski definition) is 1. The van der Waals surface area contributed by atoms with Crippen LogP contribution < -0.4 is 5.32 Å². The van der Waals surface area contributed by atoms with Gasteiger partial charge >= 0.3 is 0 Å². The van der Waals surface area contributed by atoms with E-state index in [1.54, 1.807) is 0 Å². The van der Waals surface area contributed by atoms with E-state index in [1.807, 2.05) is 43.3 Å². The van der Waals surface area contributed by atoms with Gasteiger partial charge in [0.25, 0.3) is 0 Å². The van der Waals surface area contributed by atoms with Crippen molar-refractivity contribution in [1.29, 1.82) is 0 Å². The molecule has 1 N–H and O–H groups in total. The molecule has 18 heavy (non-hydrogen) atoms. The van der Waals surface area contributed by atoms with Crippen molar-refractivity contribution in [3.63, 3.8) is 0 Å². The van der Waals surface area contributed by atoms with Crippen LogP contribution in [0.2, 0.25) is 10.0 Å². The zero-order valence-electron chi connectivity index (χ0n) is 10.4. The number of anilines is 1. The Bertz CT molecular complexity index is 552. The van der Waals surface area contributed by atoms with Crippen molar-refractivity contribution in [2.75, 3.05) is 5.32 Å². The van der Waals surface area contributed by atoms with Crippen LogP contribution in [0.25, 0.3) is 0 Å². The summed E-state index contributed by atoms with van der Waals surface area (Å²) in [6.07, 6.45) is 0. The van der Waals surface area contributed by atoms with Gasteiger partial charge in [-0.25, -0.2) is 0 Å². The summed E-state index contributed by atoms with van der Waals surface area (Å²) in [6.45, 7) is 4.15. The molecule has 0 aliphatic heterocycles. The summed E-state index contributed by atoms with van der Waals surface area (Å²) >= 11 is 11.9. The molecular formula is C15H15Cl2N. The smallest absolute Gasteiger partial charge is 0.0486 e. The zero-order chi connectivity index (χ0) is 13.1. The first-order valence-electron chi connectivity index (χ1n) is 5.84. The molecule has 1 nitrogen and oxygen atoms in total. The van der Waals surface area contributed by atoms with Gasteiger partial charge in [-0.3, -0.25) is 0 Å². The van der Waals surface area contributed by atoms with E-state index in [0.29, 0.717) is 0 Å². The molecule has 2 rings (SSSR count). The molecule has 0 saturated carbocycles. The molecule has 0 aliphatic carbocycles. The number of aryl methyl sites for hydroxylation is 1. The quantitative estimate of drug-likeness (QED) is 0.785. The van der Waals surface area contributed by atoms with E-state index in [1.165, 1.54) is 0 Å². The van der Waals surface area contributed by atoms with Gasteiger partial charge in [-0.05, 0) is 55.3 Å². The van der Waals surface area contributed by atoms with Gasteiger partial charge in [-0.15, -0.1) is 0 Å². The van der Waals surface area contributed by atoms with Crippen molar-refractivity contribution in [2.24, 2.45) is 0 Å². The maximum absolute atomic E-state index is 6.00. The van der Waals surface area contributed by atoms with Gasteiger partial charge in [-0.1, -0.05) is 35.3 Å². The fraction of sp³-hybridized carbons (Fsp3) is 0.200. The van der Waals surface area contributed by atoms with Crippen molar-refractivity contribution in [3.05, 3.63) is 63.6 Å². The third-order valence-electron chi connectivity index (χ3n) is 2.91. The molecular weight excluding hydrogens is 265 g/mol. The summed E-state index contributed by atoms with van der Waals surface area (Å²) in [5, 5.41) is 4.98. The van der Waals surface area contributed by atoms with Gasteiger partial charge in [0.1, 0.15) is 0 Å². The van der Waals surface area contributed by atoms with Crippen molar-refractivity contribution in [3.8, 4) is 0 Å². The van der Waals surface area contributed by atoms with Crippen LogP contribution in [0.3, 0.4) is 0 Å². The maximum atomic E-state index is 6.00. The second-order valence-corrected chi connectivity index (χ2v) is 5.25. The van der Waals surface area contributed by atoms with Crippen LogP contribution in [0.15, 0.2) is 42.5 Å². The van der Waals surface area contributed by atoms with Crippen LogP contribution >= 0.6 is 23.2 Å². The molecule has 2 aromatic carbocycles. The monoisotopic (exact) mass is 279 g/mol. The van der Waals surface area contributed by atoms with Gasteiger partial charge in [0.15, 0.2) is 0 Å². The summed E-state index contributed by atoms with van der Waals surface area (Å²) in [7, 11) is 0. The van der Waals surface area contributed by atoms with Gasteiger partial charge in [-0.2, -0.15) is 0 Å². The Balaban J connectivity index is 2.18. The molecule has 0 aliphatic rings. The molecule has 0 radical (unpaired) electrons. The predicted octanol–water partition coefficient (Wildman–Crippen LogP) is 5.47. The first-order valence-corrected chi connectivity index (χ1v) is 6.60. The average Bonchev–Trinajstić information content (AvgIpc) is 2.32. The van der Waals surface area contributed by atoms with E-state index in [2.05, 4.69) is 18.3 Å². The molecule has 0 heterocycles. The molecule has 0 aromatic heterocycles. The van der Waals surface area contributed by atoms with Gasteiger partial charge < -0.3 is 5.32 Å². The Hall–Kier alpha value is -1.18. The second-order valence-electron chi connectivity index (χ2n) is 4.38. The first-order chi connectivity index (χ1) is 8.56. The Morgan fingerprint density at radius 3 is 2.39 bits per heavy atom. The zero-order valence-corrected chi connectivity index (χ0v) is 11.9. The highest BCUT2D eigenvalue weighted by atomic mass is 35.5. The lowest BCUT2D eigenvalue weighted by Crippen LogP contribution is -2.07. The van der Waals surface area contributed by atoms with Crippen LogP contribution in [0.1, 0.15) is 24.1 Å². The highest BCUT2D eigenvalue weighted by Gasteiger charge is 2.07. The molecule has 94 valence electrons. The summed E-state index contributed by atoms with van der Waals surface area (Å²) in [6, 6.07) is 13.9. The first kappa shape index (κ1) is 13.3. The fourth-order valence-electron chi connectivity index (χ4n) is 1.88. The Morgan fingerprint density at radius 2 is 1.72 bits per heavy atom. The standard InChI is InChI=1S/C15H15Cl2N/c1-10-8-14(17)6-7-15(10)18-11(2)12-4-3-5-13(16)9-12/h3-9,11,18H,1-2H3. The van der Waals surface area contributed by atoms with Crippen LogP contribution in [0.5, 0.6) is 0 Å². The molecule has 3 heteroatoms. The van der Waals surface area contributed by atoms with E-state index in [9.17, 15) is 0 Å². The number of halogens is 2. The van der Waals surface area contributed by atoms with Crippen LogP contribution in [-0.2, 0) is 0 Å². The number of rotatable bonds is 3. The average molecular weight is 280 g/mol. The molecule has 0 bridgehead atoms. The summed E-state index contributed by atoms with van der Waals surface area (Å²) in [5.74, 6) is 0. The lowest BCUT2D eigenvalue weighted by atomic mass is 10.1. The topological polar surface area (TPSA) is 12.0 Å². The van der Waals surface area contributed by atoms with Crippen LogP contribution in [0, 0.1) is 6.92 Å². The van der Waals surface area contributed by atoms with Gasteiger partial charge in [0.05, 0.1) is 0 Å². The maximum Gasteiger partial charge on any atom is 0.0486 e. The van der Waals surface area contributed by atoms with E-state index < -0.39 is 0 Å². The molecule has 2 aromatic rings. The van der Waals surface area contributed by atoms with Crippen molar-refractivity contribution in [1.82, 2.24) is 0 Å². The van der Waals surface area contributed by atoms with Gasteiger partial charge in [0.2, 0.25) is 0 Å². The normalized spacial score (nSPS) is 12.2. The Kier molecular flexibility index (Phi) is 4.15. The molecule has 1 unspecified atom stereocenters. The van der Waals surface area contributed by atoms with Crippen molar-refractivity contribution < 1.29 is 0 Å². The molecule has 0 saturated heterocycles. The summed E-state index contributed by atoms with van der Waals surface area (Å²) < 4.78 is 0. The molecule has 0 amide bonds. The largest absolute Gasteiger partial charge is 0.378 e. The third-order valence-corrected chi connectivity index (χ3v) is 3.38. The Labute approximate surface area is 118 Å². The molecule has 0 spiro atoms. The van der Waals surface area contributed by atoms with Crippen LogP contribution in [0.4, 0.5) is 5.69 Å². The molecule has 0 fully saturated rings. The lowest BCUT2D eigenvalue weighted by molar-refractivity contribution is 0.883. The number of benzene rings is 2. The minimum absolute atomic E-state index is 0.198. The highest BCUT2D eigenvalue weighted by Crippen LogP contribution is 2.25. The lowest BCUT2D eigenvalue weighted by Gasteiger charge is -2.17. The predicted molar refractivity (Wildman–Crippen MR) is 79.7 cm³/mol. The number of nitrogens with one attached hydrogen (secondary N) is 1. The Morgan fingerprint density at radius 1 is 1.00 bits per heavy atom. The second kappa shape index (κ2) is 5.64. The van der Waals surface area contributed by atoms with E-state index in [-0.39, 0.29) is 6.04 Å².